The number of anilines is 2. The molecule has 0 fully saturated rings. The lowest BCUT2D eigenvalue weighted by molar-refractivity contribution is 0.597. The number of hydrogen-bond donors (Lipinski definition) is 2. The monoisotopic (exact) mass is 318 g/mol. The molecule has 0 radical (unpaired) electrons. The Kier molecular flexibility index (Phi) is 5.83. The summed E-state index contributed by atoms with van der Waals surface area (Å²) in [5.41, 5.74) is 2.06. The average Bonchev–Trinajstić information content (AvgIpc) is 2.56. The van der Waals surface area contributed by atoms with Crippen molar-refractivity contribution in [3.05, 3.63) is 54.6 Å². The van der Waals surface area contributed by atoms with Crippen LogP contribution >= 0.6 is 0 Å². The minimum absolute atomic E-state index is 0.130. The van der Waals surface area contributed by atoms with E-state index in [2.05, 4.69) is 10.6 Å². The number of sulfone groups is 1. The lowest BCUT2D eigenvalue weighted by Crippen LogP contribution is -2.09. The fourth-order valence-corrected chi connectivity index (χ4v) is 2.94. The largest absolute Gasteiger partial charge is 0.385 e. The summed E-state index contributed by atoms with van der Waals surface area (Å²) in [7, 11) is -3.11. The summed E-state index contributed by atoms with van der Waals surface area (Å²) < 4.78 is 23.4. The van der Waals surface area contributed by atoms with Gasteiger partial charge >= 0.3 is 0 Å². The fraction of sp³-hybridized carbons (Fsp3) is 0.294. The second kappa shape index (κ2) is 7.84. The molecule has 0 aliphatic heterocycles. The molecular weight excluding hydrogens is 296 g/mol. The second-order valence-electron chi connectivity index (χ2n) is 5.00. The predicted octanol–water partition coefficient (Wildman–Crippen LogP) is 3.39. The Balaban J connectivity index is 1.73. The van der Waals surface area contributed by atoms with Crippen LogP contribution in [0.4, 0.5) is 11.4 Å². The van der Waals surface area contributed by atoms with Crippen LogP contribution < -0.4 is 10.6 Å². The summed E-state index contributed by atoms with van der Waals surface area (Å²) in [6.07, 6.45) is 0.976. The first-order valence-corrected chi connectivity index (χ1v) is 9.12. The molecule has 0 heterocycles. The molecule has 0 unspecified atom stereocenters. The van der Waals surface area contributed by atoms with E-state index in [-0.39, 0.29) is 5.75 Å². The normalized spacial score (nSPS) is 11.1. The highest BCUT2D eigenvalue weighted by Crippen LogP contribution is 2.15. The van der Waals surface area contributed by atoms with Crippen LogP contribution in [0.2, 0.25) is 0 Å². The summed E-state index contributed by atoms with van der Waals surface area (Å²) >= 11 is 0. The van der Waals surface area contributed by atoms with Crippen LogP contribution in [-0.2, 0) is 9.84 Å². The van der Waals surface area contributed by atoms with Crippen LogP contribution in [0.15, 0.2) is 59.5 Å². The van der Waals surface area contributed by atoms with E-state index in [0.29, 0.717) is 4.90 Å². The third-order valence-electron chi connectivity index (χ3n) is 3.38. The molecule has 2 aromatic rings. The van der Waals surface area contributed by atoms with Crippen molar-refractivity contribution in [2.24, 2.45) is 0 Å². The summed E-state index contributed by atoms with van der Waals surface area (Å²) in [5, 5.41) is 6.64. The molecule has 5 heteroatoms. The third-order valence-corrected chi connectivity index (χ3v) is 5.13. The van der Waals surface area contributed by atoms with Crippen molar-refractivity contribution in [2.75, 3.05) is 29.5 Å². The predicted molar refractivity (Wildman–Crippen MR) is 92.2 cm³/mol. The molecule has 0 bridgehead atoms. The van der Waals surface area contributed by atoms with E-state index in [1.54, 1.807) is 19.1 Å². The van der Waals surface area contributed by atoms with Gasteiger partial charge in [-0.3, -0.25) is 0 Å². The number of hydrogen-bond acceptors (Lipinski definition) is 4. The van der Waals surface area contributed by atoms with Gasteiger partial charge in [-0.05, 0) is 42.8 Å². The van der Waals surface area contributed by atoms with Gasteiger partial charge < -0.3 is 10.6 Å². The smallest absolute Gasteiger partial charge is 0.178 e. The summed E-state index contributed by atoms with van der Waals surface area (Å²) in [5.74, 6) is 0.130. The molecular formula is C17H22N2O2S. The van der Waals surface area contributed by atoms with E-state index < -0.39 is 9.84 Å². The zero-order valence-electron chi connectivity index (χ0n) is 12.7. The average molecular weight is 318 g/mol. The highest BCUT2D eigenvalue weighted by atomic mass is 32.2. The Hall–Kier alpha value is -2.01. The quantitative estimate of drug-likeness (QED) is 0.733. The minimum Gasteiger partial charge on any atom is -0.385 e. The van der Waals surface area contributed by atoms with Gasteiger partial charge in [0.05, 0.1) is 10.6 Å². The molecule has 0 spiro atoms. The Morgan fingerprint density at radius 2 is 1.36 bits per heavy atom. The summed E-state index contributed by atoms with van der Waals surface area (Å²) in [6.45, 7) is 3.38. The number of benzene rings is 2. The van der Waals surface area contributed by atoms with Crippen LogP contribution in [0.1, 0.15) is 13.3 Å². The molecule has 2 N–H and O–H groups in total. The van der Waals surface area contributed by atoms with Crippen molar-refractivity contribution in [3.63, 3.8) is 0 Å². The lowest BCUT2D eigenvalue weighted by Gasteiger charge is -2.09. The minimum atomic E-state index is -3.11. The van der Waals surface area contributed by atoms with Gasteiger partial charge in [0.15, 0.2) is 9.84 Å². The van der Waals surface area contributed by atoms with Crippen LogP contribution in [0.3, 0.4) is 0 Å². The molecule has 0 aromatic heterocycles. The maximum atomic E-state index is 11.7. The molecule has 2 rings (SSSR count). The standard InChI is InChI=1S/C17H22N2O2S/c1-2-22(20,21)17-11-9-16(10-12-17)19-14-6-13-18-15-7-4-3-5-8-15/h3-5,7-12,18-19H,2,6,13-14H2,1H3. The van der Waals surface area contributed by atoms with Crippen molar-refractivity contribution < 1.29 is 8.42 Å². The number of rotatable bonds is 8. The third kappa shape index (κ3) is 4.77. The summed E-state index contributed by atoms with van der Waals surface area (Å²) in [4.78, 5) is 0.381. The van der Waals surface area contributed by atoms with Gasteiger partial charge in [-0.15, -0.1) is 0 Å². The van der Waals surface area contributed by atoms with Gasteiger partial charge in [0.2, 0.25) is 0 Å². The van der Waals surface area contributed by atoms with Crippen molar-refractivity contribution in [2.45, 2.75) is 18.2 Å². The molecule has 0 amide bonds. The Morgan fingerprint density at radius 3 is 1.91 bits per heavy atom. The van der Waals surface area contributed by atoms with Gasteiger partial charge in [-0.2, -0.15) is 0 Å². The maximum absolute atomic E-state index is 11.7. The van der Waals surface area contributed by atoms with Gasteiger partial charge in [-0.1, -0.05) is 25.1 Å². The molecule has 22 heavy (non-hydrogen) atoms. The van der Waals surface area contributed by atoms with Crippen LogP contribution in [-0.4, -0.2) is 27.3 Å². The van der Waals surface area contributed by atoms with Gasteiger partial charge in [0, 0.05) is 24.5 Å². The fourth-order valence-electron chi connectivity index (χ4n) is 2.06. The van der Waals surface area contributed by atoms with Crippen LogP contribution in [0.25, 0.3) is 0 Å². The molecule has 0 saturated heterocycles. The first kappa shape index (κ1) is 16.4. The molecule has 0 aliphatic carbocycles. The lowest BCUT2D eigenvalue weighted by atomic mass is 10.3. The van der Waals surface area contributed by atoms with E-state index in [1.807, 2.05) is 42.5 Å². The van der Waals surface area contributed by atoms with E-state index in [1.165, 1.54) is 0 Å². The number of nitrogens with one attached hydrogen (secondary N) is 2. The first-order valence-electron chi connectivity index (χ1n) is 7.47. The van der Waals surface area contributed by atoms with Crippen molar-refractivity contribution in [1.29, 1.82) is 0 Å². The summed E-state index contributed by atoms with van der Waals surface area (Å²) in [6, 6.07) is 17.0. The first-order chi connectivity index (χ1) is 10.6. The maximum Gasteiger partial charge on any atom is 0.178 e. The van der Waals surface area contributed by atoms with Gasteiger partial charge in [0.25, 0.3) is 0 Å². The molecule has 4 nitrogen and oxygen atoms in total. The van der Waals surface area contributed by atoms with Crippen LogP contribution in [0, 0.1) is 0 Å². The van der Waals surface area contributed by atoms with E-state index >= 15 is 0 Å². The van der Waals surface area contributed by atoms with Gasteiger partial charge in [0.1, 0.15) is 0 Å². The Morgan fingerprint density at radius 1 is 0.818 bits per heavy atom. The highest BCUT2D eigenvalue weighted by Gasteiger charge is 2.10. The van der Waals surface area contributed by atoms with E-state index in [4.69, 9.17) is 0 Å². The van der Waals surface area contributed by atoms with E-state index in [9.17, 15) is 8.42 Å². The highest BCUT2D eigenvalue weighted by molar-refractivity contribution is 7.91. The zero-order valence-corrected chi connectivity index (χ0v) is 13.6. The van der Waals surface area contributed by atoms with Crippen LogP contribution in [0.5, 0.6) is 0 Å². The Bertz CT molecular complexity index is 668. The van der Waals surface area contributed by atoms with E-state index in [0.717, 1.165) is 30.9 Å². The van der Waals surface area contributed by atoms with Gasteiger partial charge in [-0.25, -0.2) is 8.42 Å². The topological polar surface area (TPSA) is 58.2 Å². The number of para-hydroxylation sites is 1. The Labute approximate surface area is 132 Å². The molecule has 0 saturated carbocycles. The zero-order chi connectivity index (χ0) is 15.8. The van der Waals surface area contributed by atoms with Crippen molar-refractivity contribution in [1.82, 2.24) is 0 Å². The van der Waals surface area contributed by atoms with Crippen molar-refractivity contribution >= 4 is 21.2 Å². The second-order valence-corrected chi connectivity index (χ2v) is 7.28. The molecule has 0 atom stereocenters. The molecule has 118 valence electrons. The van der Waals surface area contributed by atoms with Crippen molar-refractivity contribution in [3.8, 4) is 0 Å². The molecule has 0 aliphatic rings. The SMILES string of the molecule is CCS(=O)(=O)c1ccc(NCCCNc2ccccc2)cc1. The molecule has 2 aromatic carbocycles.